The molecule has 9 nitrogen and oxygen atoms in total. The summed E-state index contributed by atoms with van der Waals surface area (Å²) in [6, 6.07) is 9.82. The maximum atomic E-state index is 12.9. The molecule has 160 valence electrons. The number of fused-ring (bicyclic) bond motifs is 1. The molecule has 0 bridgehead atoms. The van der Waals surface area contributed by atoms with E-state index in [1.165, 1.54) is 52.9 Å². The highest BCUT2D eigenvalue weighted by Crippen LogP contribution is 2.29. The summed E-state index contributed by atoms with van der Waals surface area (Å²) in [5.74, 6) is -0.557. The lowest BCUT2D eigenvalue weighted by atomic mass is 10.2. The zero-order valence-electron chi connectivity index (χ0n) is 16.2. The summed E-state index contributed by atoms with van der Waals surface area (Å²) in [6.45, 7) is 7.45. The Bertz CT molecular complexity index is 1270. The normalized spacial score (nSPS) is 11.4. The summed E-state index contributed by atoms with van der Waals surface area (Å²) < 4.78 is 27.6. The average Bonchev–Trinajstić information content (AvgIpc) is 3.15. The van der Waals surface area contributed by atoms with Crippen LogP contribution >= 0.6 is 11.3 Å². The minimum atomic E-state index is -3.77. The van der Waals surface area contributed by atoms with Crippen molar-refractivity contribution in [2.24, 2.45) is 0 Å². The first kappa shape index (κ1) is 22.3. The minimum Gasteiger partial charge on any atom is -0.298 e. The van der Waals surface area contributed by atoms with Gasteiger partial charge in [0.05, 0.1) is 20.0 Å². The van der Waals surface area contributed by atoms with Crippen molar-refractivity contribution in [3.8, 4) is 0 Å². The zero-order valence-corrected chi connectivity index (χ0v) is 17.9. The number of carbonyl (C=O) groups is 1. The molecule has 0 radical (unpaired) electrons. The first-order valence-electron chi connectivity index (χ1n) is 8.94. The molecular formula is C20H18N4O5S2. The van der Waals surface area contributed by atoms with Gasteiger partial charge in [-0.15, -0.1) is 13.2 Å². The molecule has 1 N–H and O–H groups in total. The number of non-ortho nitro benzene ring substituents is 1. The molecule has 3 aromatic rings. The topological polar surface area (TPSA) is 123 Å². The summed E-state index contributed by atoms with van der Waals surface area (Å²) in [5, 5.41) is 13.7. The fourth-order valence-corrected chi connectivity index (χ4v) is 5.14. The number of hydrogen-bond donors (Lipinski definition) is 1. The van der Waals surface area contributed by atoms with Gasteiger partial charge in [-0.05, 0) is 24.3 Å². The van der Waals surface area contributed by atoms with Gasteiger partial charge in [0.2, 0.25) is 10.0 Å². The Morgan fingerprint density at radius 3 is 2.55 bits per heavy atom. The second-order valence-corrected chi connectivity index (χ2v) is 9.28. The predicted octanol–water partition coefficient (Wildman–Crippen LogP) is 3.82. The van der Waals surface area contributed by atoms with Crippen molar-refractivity contribution in [3.05, 3.63) is 83.5 Å². The molecule has 2 aromatic carbocycles. The average molecular weight is 459 g/mol. The van der Waals surface area contributed by atoms with E-state index < -0.39 is 20.9 Å². The fourth-order valence-electron chi connectivity index (χ4n) is 2.76. The summed E-state index contributed by atoms with van der Waals surface area (Å²) in [6.07, 6.45) is 2.99. The number of aromatic nitrogens is 1. The standard InChI is InChI=1S/C20H18N4O5S2/c1-3-10-23(11-4-2)31(28,29)16-8-9-17-18(13-16)30-20(21-17)22-19(25)14-6-5-7-15(12-14)24(26)27/h3-9,12-13H,1-2,10-11H2,(H,21,22,25). The van der Waals surface area contributed by atoms with E-state index in [1.807, 2.05) is 0 Å². The van der Waals surface area contributed by atoms with E-state index in [0.29, 0.717) is 10.2 Å². The molecule has 0 fully saturated rings. The number of thiazole rings is 1. The zero-order chi connectivity index (χ0) is 22.6. The molecule has 0 atom stereocenters. The minimum absolute atomic E-state index is 0.0870. The van der Waals surface area contributed by atoms with Gasteiger partial charge < -0.3 is 0 Å². The van der Waals surface area contributed by atoms with Crippen LogP contribution in [0, 0.1) is 10.1 Å². The number of nitro benzene ring substituents is 1. The van der Waals surface area contributed by atoms with Crippen LogP contribution in [0.25, 0.3) is 10.2 Å². The Morgan fingerprint density at radius 2 is 1.90 bits per heavy atom. The third-order valence-corrected chi connectivity index (χ3v) is 6.96. The Kier molecular flexibility index (Phi) is 6.59. The molecule has 0 unspecified atom stereocenters. The summed E-state index contributed by atoms with van der Waals surface area (Å²) >= 11 is 1.10. The maximum absolute atomic E-state index is 12.9. The predicted molar refractivity (Wildman–Crippen MR) is 120 cm³/mol. The van der Waals surface area contributed by atoms with Crippen molar-refractivity contribution in [3.63, 3.8) is 0 Å². The van der Waals surface area contributed by atoms with Gasteiger partial charge in [-0.2, -0.15) is 4.31 Å². The SMILES string of the molecule is C=CCN(CC=C)S(=O)(=O)c1ccc2nc(NC(=O)c3cccc([N+](=O)[O-])c3)sc2c1. The Labute approximate surface area is 182 Å². The quantitative estimate of drug-likeness (QED) is 0.295. The lowest BCUT2D eigenvalue weighted by molar-refractivity contribution is -0.384. The van der Waals surface area contributed by atoms with E-state index in [-0.39, 0.29) is 34.4 Å². The van der Waals surface area contributed by atoms with Gasteiger partial charge >= 0.3 is 0 Å². The first-order valence-corrected chi connectivity index (χ1v) is 11.2. The molecule has 0 aliphatic rings. The van der Waals surface area contributed by atoms with Crippen molar-refractivity contribution < 1.29 is 18.1 Å². The largest absolute Gasteiger partial charge is 0.298 e. The number of nitrogens with one attached hydrogen (secondary N) is 1. The molecule has 31 heavy (non-hydrogen) atoms. The van der Waals surface area contributed by atoms with E-state index in [0.717, 1.165) is 11.3 Å². The monoisotopic (exact) mass is 458 g/mol. The van der Waals surface area contributed by atoms with Crippen molar-refractivity contribution in [1.82, 2.24) is 9.29 Å². The molecule has 0 aliphatic heterocycles. The van der Waals surface area contributed by atoms with E-state index in [9.17, 15) is 23.3 Å². The van der Waals surface area contributed by atoms with E-state index in [2.05, 4.69) is 23.5 Å². The molecule has 1 amide bonds. The van der Waals surface area contributed by atoms with E-state index >= 15 is 0 Å². The lowest BCUT2D eigenvalue weighted by Gasteiger charge is -2.18. The lowest BCUT2D eigenvalue weighted by Crippen LogP contribution is -2.31. The summed E-state index contributed by atoms with van der Waals surface area (Å²) in [7, 11) is -3.77. The number of benzene rings is 2. The van der Waals surface area contributed by atoms with Crippen molar-refractivity contribution in [1.29, 1.82) is 0 Å². The van der Waals surface area contributed by atoms with Crippen LogP contribution in [-0.4, -0.2) is 41.6 Å². The van der Waals surface area contributed by atoms with Crippen LogP contribution in [0.2, 0.25) is 0 Å². The Hall–Kier alpha value is -3.41. The molecule has 1 aromatic heterocycles. The maximum Gasteiger partial charge on any atom is 0.270 e. The number of nitro groups is 1. The fraction of sp³-hybridized carbons (Fsp3) is 0.100. The number of anilines is 1. The number of rotatable bonds is 9. The van der Waals surface area contributed by atoms with Crippen LogP contribution in [0.3, 0.4) is 0 Å². The molecule has 1 heterocycles. The Balaban J connectivity index is 1.88. The van der Waals surface area contributed by atoms with Gasteiger partial charge in [-0.25, -0.2) is 13.4 Å². The first-order chi connectivity index (χ1) is 14.8. The van der Waals surface area contributed by atoms with Crippen LogP contribution < -0.4 is 5.32 Å². The number of hydrogen-bond acceptors (Lipinski definition) is 7. The van der Waals surface area contributed by atoms with Gasteiger partial charge in [0, 0.05) is 30.8 Å². The number of sulfonamides is 1. The van der Waals surface area contributed by atoms with Gasteiger partial charge in [-0.1, -0.05) is 29.6 Å². The van der Waals surface area contributed by atoms with Crippen LogP contribution in [0.1, 0.15) is 10.4 Å². The van der Waals surface area contributed by atoms with Crippen LogP contribution in [0.5, 0.6) is 0 Å². The smallest absolute Gasteiger partial charge is 0.270 e. The highest BCUT2D eigenvalue weighted by atomic mass is 32.2. The molecule has 0 saturated carbocycles. The van der Waals surface area contributed by atoms with E-state index in [1.54, 1.807) is 6.07 Å². The van der Waals surface area contributed by atoms with Gasteiger partial charge in [0.1, 0.15) is 0 Å². The third kappa shape index (κ3) is 4.85. The van der Waals surface area contributed by atoms with Crippen molar-refractivity contribution in [2.75, 3.05) is 18.4 Å². The molecule has 0 saturated heterocycles. The van der Waals surface area contributed by atoms with Crippen LogP contribution in [0.15, 0.2) is 72.7 Å². The number of amides is 1. The van der Waals surface area contributed by atoms with Gasteiger partial charge in [0.25, 0.3) is 11.6 Å². The highest BCUT2D eigenvalue weighted by molar-refractivity contribution is 7.89. The highest BCUT2D eigenvalue weighted by Gasteiger charge is 2.23. The summed E-state index contributed by atoms with van der Waals surface area (Å²) in [5.41, 5.74) is 0.425. The van der Waals surface area contributed by atoms with Crippen molar-refractivity contribution >= 4 is 48.3 Å². The Morgan fingerprint density at radius 1 is 1.19 bits per heavy atom. The van der Waals surface area contributed by atoms with Crippen molar-refractivity contribution in [2.45, 2.75) is 4.90 Å². The number of carbonyl (C=O) groups excluding carboxylic acids is 1. The van der Waals surface area contributed by atoms with Crippen LogP contribution in [0.4, 0.5) is 10.8 Å². The van der Waals surface area contributed by atoms with Gasteiger partial charge in [-0.3, -0.25) is 20.2 Å². The second-order valence-electron chi connectivity index (χ2n) is 6.31. The molecule has 0 aliphatic carbocycles. The molecular weight excluding hydrogens is 440 g/mol. The second kappa shape index (κ2) is 9.16. The third-order valence-electron chi connectivity index (χ3n) is 4.20. The van der Waals surface area contributed by atoms with Gasteiger partial charge in [0.15, 0.2) is 5.13 Å². The molecule has 11 heteroatoms. The molecule has 0 spiro atoms. The molecule has 3 rings (SSSR count). The summed E-state index contributed by atoms with van der Waals surface area (Å²) in [4.78, 5) is 27.1. The number of nitrogens with zero attached hydrogens (tertiary/aromatic N) is 3. The van der Waals surface area contributed by atoms with E-state index in [4.69, 9.17) is 0 Å². The van der Waals surface area contributed by atoms with Crippen LogP contribution in [-0.2, 0) is 10.0 Å².